The van der Waals surface area contributed by atoms with Crippen molar-refractivity contribution in [3.05, 3.63) is 35.9 Å². The lowest BCUT2D eigenvalue weighted by Gasteiger charge is -2.22. The number of rotatable bonds is 8. The number of hydrogen-bond donors (Lipinski definition) is 1. The first-order chi connectivity index (χ1) is 9.04. The first-order valence-corrected chi connectivity index (χ1v) is 7.30. The Labute approximate surface area is 116 Å². The highest BCUT2D eigenvalue weighted by Crippen LogP contribution is 2.24. The Morgan fingerprint density at radius 1 is 1.21 bits per heavy atom. The van der Waals surface area contributed by atoms with E-state index in [4.69, 9.17) is 0 Å². The minimum atomic E-state index is -0.300. The summed E-state index contributed by atoms with van der Waals surface area (Å²) in [7, 11) is 0. The molecular formula is C17H26O2. The van der Waals surface area contributed by atoms with Crippen LogP contribution in [0.5, 0.6) is 0 Å². The molecule has 0 saturated carbocycles. The van der Waals surface area contributed by atoms with Gasteiger partial charge in [-0.15, -0.1) is 0 Å². The fourth-order valence-electron chi connectivity index (χ4n) is 2.44. The van der Waals surface area contributed by atoms with Crippen LogP contribution in [-0.4, -0.2) is 17.0 Å². The van der Waals surface area contributed by atoms with Gasteiger partial charge in [0.05, 0.1) is 6.10 Å². The van der Waals surface area contributed by atoms with Gasteiger partial charge in [-0.3, -0.25) is 4.79 Å². The van der Waals surface area contributed by atoms with Gasteiger partial charge in [-0.05, 0) is 25.2 Å². The molecule has 19 heavy (non-hydrogen) atoms. The second-order valence-corrected chi connectivity index (χ2v) is 5.60. The standard InChI is InChI=1S/C17H26O2/c1-4-8-15(11-13(2)14(3)18)12-17(19)16-9-6-5-7-10-16/h5-7,9-10,13-15,18H,4,8,11-12H2,1-3H3. The van der Waals surface area contributed by atoms with Crippen molar-refractivity contribution in [2.24, 2.45) is 11.8 Å². The van der Waals surface area contributed by atoms with E-state index in [0.29, 0.717) is 12.3 Å². The van der Waals surface area contributed by atoms with Crippen molar-refractivity contribution in [1.82, 2.24) is 0 Å². The lowest BCUT2D eigenvalue weighted by atomic mass is 9.85. The van der Waals surface area contributed by atoms with Crippen LogP contribution in [-0.2, 0) is 0 Å². The average Bonchev–Trinajstić information content (AvgIpc) is 2.39. The Kier molecular flexibility index (Phi) is 6.79. The molecule has 0 bridgehead atoms. The Morgan fingerprint density at radius 2 is 1.84 bits per heavy atom. The second kappa shape index (κ2) is 8.11. The van der Waals surface area contributed by atoms with Crippen LogP contribution in [0, 0.1) is 11.8 Å². The molecule has 0 heterocycles. The van der Waals surface area contributed by atoms with E-state index in [9.17, 15) is 9.90 Å². The molecule has 2 heteroatoms. The summed E-state index contributed by atoms with van der Waals surface area (Å²) in [6.07, 6.45) is 3.35. The van der Waals surface area contributed by atoms with Crippen LogP contribution in [0.3, 0.4) is 0 Å². The summed E-state index contributed by atoms with van der Waals surface area (Å²) in [6, 6.07) is 9.49. The zero-order chi connectivity index (χ0) is 14.3. The topological polar surface area (TPSA) is 37.3 Å². The molecule has 1 aromatic carbocycles. The summed E-state index contributed by atoms with van der Waals surface area (Å²) in [5.74, 6) is 0.847. The molecule has 1 aromatic rings. The second-order valence-electron chi connectivity index (χ2n) is 5.60. The minimum Gasteiger partial charge on any atom is -0.393 e. The normalized spacial score (nSPS) is 15.8. The fraction of sp³-hybridized carbons (Fsp3) is 0.588. The van der Waals surface area contributed by atoms with Gasteiger partial charge in [0.2, 0.25) is 0 Å². The number of Topliss-reactive ketones (excluding diaryl/α,β-unsaturated/α-hetero) is 1. The molecule has 0 amide bonds. The molecule has 2 nitrogen and oxygen atoms in total. The van der Waals surface area contributed by atoms with Crippen molar-refractivity contribution in [2.75, 3.05) is 0 Å². The number of ketones is 1. The summed E-state index contributed by atoms with van der Waals surface area (Å²) in [5, 5.41) is 9.60. The van der Waals surface area contributed by atoms with E-state index in [1.807, 2.05) is 37.3 Å². The molecule has 106 valence electrons. The monoisotopic (exact) mass is 262 g/mol. The molecule has 0 radical (unpaired) electrons. The predicted octanol–water partition coefficient (Wildman–Crippen LogP) is 4.08. The molecule has 1 rings (SSSR count). The number of hydrogen-bond acceptors (Lipinski definition) is 2. The third kappa shape index (κ3) is 5.56. The van der Waals surface area contributed by atoms with E-state index in [1.54, 1.807) is 0 Å². The quantitative estimate of drug-likeness (QED) is 0.717. The van der Waals surface area contributed by atoms with E-state index >= 15 is 0 Å². The van der Waals surface area contributed by atoms with Gasteiger partial charge in [-0.2, -0.15) is 0 Å². The van der Waals surface area contributed by atoms with Gasteiger partial charge in [0.15, 0.2) is 5.78 Å². The highest BCUT2D eigenvalue weighted by atomic mass is 16.3. The number of carbonyl (C=O) groups excluding carboxylic acids is 1. The lowest BCUT2D eigenvalue weighted by molar-refractivity contribution is 0.0909. The Balaban J connectivity index is 2.60. The van der Waals surface area contributed by atoms with Crippen LogP contribution in [0.1, 0.15) is 56.8 Å². The van der Waals surface area contributed by atoms with Crippen LogP contribution in [0.2, 0.25) is 0 Å². The summed E-state index contributed by atoms with van der Waals surface area (Å²) in [4.78, 5) is 12.2. The zero-order valence-electron chi connectivity index (χ0n) is 12.3. The lowest BCUT2D eigenvalue weighted by Crippen LogP contribution is -2.19. The summed E-state index contributed by atoms with van der Waals surface area (Å²) < 4.78 is 0. The molecule has 0 spiro atoms. The molecular weight excluding hydrogens is 236 g/mol. The zero-order valence-corrected chi connectivity index (χ0v) is 12.3. The molecule has 1 N–H and O–H groups in total. The smallest absolute Gasteiger partial charge is 0.163 e. The maximum absolute atomic E-state index is 12.2. The maximum Gasteiger partial charge on any atom is 0.163 e. The first kappa shape index (κ1) is 15.9. The number of aliphatic hydroxyl groups excluding tert-OH is 1. The van der Waals surface area contributed by atoms with Crippen molar-refractivity contribution in [1.29, 1.82) is 0 Å². The third-order valence-corrected chi connectivity index (χ3v) is 3.80. The highest BCUT2D eigenvalue weighted by Gasteiger charge is 2.19. The fourth-order valence-corrected chi connectivity index (χ4v) is 2.44. The van der Waals surface area contributed by atoms with Gasteiger partial charge >= 0.3 is 0 Å². The van der Waals surface area contributed by atoms with Crippen LogP contribution in [0.25, 0.3) is 0 Å². The van der Waals surface area contributed by atoms with E-state index in [1.165, 1.54) is 0 Å². The number of benzene rings is 1. The molecule has 3 atom stereocenters. The van der Waals surface area contributed by atoms with Gasteiger partial charge in [0.1, 0.15) is 0 Å². The number of aliphatic hydroxyl groups is 1. The minimum absolute atomic E-state index is 0.219. The van der Waals surface area contributed by atoms with Crippen molar-refractivity contribution in [3.63, 3.8) is 0 Å². The van der Waals surface area contributed by atoms with E-state index in [-0.39, 0.29) is 17.8 Å². The van der Waals surface area contributed by atoms with Crippen LogP contribution in [0.4, 0.5) is 0 Å². The van der Waals surface area contributed by atoms with Crippen molar-refractivity contribution >= 4 is 5.78 Å². The molecule has 0 aliphatic carbocycles. The molecule has 0 saturated heterocycles. The van der Waals surface area contributed by atoms with Gasteiger partial charge < -0.3 is 5.11 Å². The van der Waals surface area contributed by atoms with Gasteiger partial charge in [0.25, 0.3) is 0 Å². The Hall–Kier alpha value is -1.15. The third-order valence-electron chi connectivity index (χ3n) is 3.80. The maximum atomic E-state index is 12.2. The van der Waals surface area contributed by atoms with Crippen LogP contribution >= 0.6 is 0 Å². The summed E-state index contributed by atoms with van der Waals surface area (Å²) in [6.45, 7) is 6.03. The Morgan fingerprint density at radius 3 is 2.37 bits per heavy atom. The molecule has 0 fully saturated rings. The van der Waals surface area contributed by atoms with Crippen molar-refractivity contribution in [3.8, 4) is 0 Å². The molecule has 3 unspecified atom stereocenters. The summed E-state index contributed by atoms with van der Waals surface area (Å²) in [5.41, 5.74) is 0.799. The average molecular weight is 262 g/mol. The molecule has 0 aliphatic heterocycles. The van der Waals surface area contributed by atoms with Crippen LogP contribution in [0.15, 0.2) is 30.3 Å². The SMILES string of the molecule is CCCC(CC(=O)c1ccccc1)CC(C)C(C)O. The molecule has 0 aliphatic rings. The van der Waals surface area contributed by atoms with Crippen LogP contribution < -0.4 is 0 Å². The summed E-state index contributed by atoms with van der Waals surface area (Å²) >= 11 is 0. The van der Waals surface area contributed by atoms with Gasteiger partial charge in [-0.1, -0.05) is 57.0 Å². The highest BCUT2D eigenvalue weighted by molar-refractivity contribution is 5.96. The predicted molar refractivity (Wildman–Crippen MR) is 79.2 cm³/mol. The van der Waals surface area contributed by atoms with Crippen molar-refractivity contribution in [2.45, 2.75) is 52.6 Å². The first-order valence-electron chi connectivity index (χ1n) is 7.30. The van der Waals surface area contributed by atoms with Gasteiger partial charge in [-0.25, -0.2) is 0 Å². The van der Waals surface area contributed by atoms with Crippen molar-refractivity contribution < 1.29 is 9.90 Å². The van der Waals surface area contributed by atoms with Gasteiger partial charge in [0, 0.05) is 12.0 Å². The Bertz CT molecular complexity index is 370. The van der Waals surface area contributed by atoms with E-state index < -0.39 is 0 Å². The van der Waals surface area contributed by atoms with E-state index in [2.05, 4.69) is 13.8 Å². The largest absolute Gasteiger partial charge is 0.393 e. The number of carbonyl (C=O) groups is 1. The van der Waals surface area contributed by atoms with E-state index in [0.717, 1.165) is 24.8 Å². The molecule has 0 aromatic heterocycles.